The van der Waals surface area contributed by atoms with Crippen molar-refractivity contribution in [3.63, 3.8) is 0 Å². The molecule has 0 fully saturated rings. The Kier molecular flexibility index (Phi) is 8.36. The number of rotatable bonds is 6. The zero-order valence-electron chi connectivity index (χ0n) is 9.83. The second-order valence-corrected chi connectivity index (χ2v) is 3.54. The monoisotopic (exact) mass is 260 g/mol. The lowest BCUT2D eigenvalue weighted by atomic mass is 10.1. The van der Waals surface area contributed by atoms with Gasteiger partial charge in [-0.1, -0.05) is 18.2 Å². The van der Waals surface area contributed by atoms with Crippen LogP contribution in [0.4, 0.5) is 4.39 Å². The first kappa shape index (κ1) is 15.9. The molecule has 5 heteroatoms. The van der Waals surface area contributed by atoms with E-state index in [0.717, 1.165) is 0 Å². The molecule has 1 rings (SSSR count). The van der Waals surface area contributed by atoms with Gasteiger partial charge in [0.15, 0.2) is 0 Å². The van der Waals surface area contributed by atoms with Crippen LogP contribution in [0.1, 0.15) is 12.0 Å². The predicted molar refractivity (Wildman–Crippen MR) is 68.9 cm³/mol. The van der Waals surface area contributed by atoms with Gasteiger partial charge in [0.05, 0.1) is 0 Å². The van der Waals surface area contributed by atoms with E-state index in [1.807, 2.05) is 0 Å². The van der Waals surface area contributed by atoms with E-state index in [1.54, 1.807) is 25.2 Å². The van der Waals surface area contributed by atoms with E-state index < -0.39 is 0 Å². The maximum atomic E-state index is 13.2. The lowest BCUT2D eigenvalue weighted by molar-refractivity contribution is -0.120. The van der Waals surface area contributed by atoms with E-state index in [4.69, 9.17) is 0 Å². The molecule has 17 heavy (non-hydrogen) atoms. The molecule has 0 spiro atoms. The molecule has 1 amide bonds. The van der Waals surface area contributed by atoms with Crippen molar-refractivity contribution in [2.75, 3.05) is 20.1 Å². The van der Waals surface area contributed by atoms with Crippen molar-refractivity contribution < 1.29 is 9.18 Å². The average molecular weight is 261 g/mol. The number of hydrogen-bond acceptors (Lipinski definition) is 2. The van der Waals surface area contributed by atoms with Crippen molar-refractivity contribution >= 4 is 18.3 Å². The van der Waals surface area contributed by atoms with Gasteiger partial charge < -0.3 is 10.6 Å². The second kappa shape index (κ2) is 8.96. The molecule has 1 aromatic rings. The van der Waals surface area contributed by atoms with Crippen molar-refractivity contribution in [3.8, 4) is 0 Å². The topological polar surface area (TPSA) is 41.1 Å². The minimum atomic E-state index is -0.216. The van der Waals surface area contributed by atoms with Crippen molar-refractivity contribution in [1.82, 2.24) is 10.6 Å². The third-order valence-corrected chi connectivity index (χ3v) is 2.28. The molecule has 0 radical (unpaired) electrons. The third kappa shape index (κ3) is 6.24. The smallest absolute Gasteiger partial charge is 0.221 e. The van der Waals surface area contributed by atoms with Gasteiger partial charge in [-0.3, -0.25) is 4.79 Å². The van der Waals surface area contributed by atoms with E-state index in [0.29, 0.717) is 31.5 Å². The van der Waals surface area contributed by atoms with Gasteiger partial charge in [0.1, 0.15) is 5.82 Å². The molecular weight excluding hydrogens is 243 g/mol. The molecule has 0 aliphatic rings. The highest BCUT2D eigenvalue weighted by Crippen LogP contribution is 2.05. The molecule has 0 heterocycles. The van der Waals surface area contributed by atoms with Crippen LogP contribution in [0, 0.1) is 5.82 Å². The summed E-state index contributed by atoms with van der Waals surface area (Å²) in [6.45, 7) is 1.13. The molecule has 0 aliphatic carbocycles. The van der Waals surface area contributed by atoms with Crippen LogP contribution in [0.15, 0.2) is 24.3 Å². The Bertz CT molecular complexity index is 347. The van der Waals surface area contributed by atoms with Gasteiger partial charge in [-0.2, -0.15) is 0 Å². The van der Waals surface area contributed by atoms with Crippen LogP contribution in [-0.2, 0) is 11.2 Å². The average Bonchev–Trinajstić information content (AvgIpc) is 2.29. The lowest BCUT2D eigenvalue weighted by Gasteiger charge is -2.05. The molecule has 0 bridgehead atoms. The second-order valence-electron chi connectivity index (χ2n) is 3.54. The Labute approximate surface area is 107 Å². The summed E-state index contributed by atoms with van der Waals surface area (Å²) in [6, 6.07) is 6.61. The predicted octanol–water partition coefficient (Wildman–Crippen LogP) is 1.52. The van der Waals surface area contributed by atoms with Crippen LogP contribution in [0.25, 0.3) is 0 Å². The quantitative estimate of drug-likeness (QED) is 0.814. The van der Waals surface area contributed by atoms with Gasteiger partial charge in [0.2, 0.25) is 5.91 Å². The van der Waals surface area contributed by atoms with Gasteiger partial charge >= 0.3 is 0 Å². The SMILES string of the molecule is CNCCC(=O)NCCc1ccccc1F.Cl. The van der Waals surface area contributed by atoms with Crippen LogP contribution in [0.2, 0.25) is 0 Å². The fourth-order valence-electron chi connectivity index (χ4n) is 1.36. The van der Waals surface area contributed by atoms with E-state index >= 15 is 0 Å². The zero-order valence-corrected chi connectivity index (χ0v) is 10.6. The molecule has 0 aromatic heterocycles. The van der Waals surface area contributed by atoms with Crippen molar-refractivity contribution in [2.45, 2.75) is 12.8 Å². The van der Waals surface area contributed by atoms with Gasteiger partial charge in [-0.25, -0.2) is 4.39 Å². The number of benzene rings is 1. The lowest BCUT2D eigenvalue weighted by Crippen LogP contribution is -2.28. The summed E-state index contributed by atoms with van der Waals surface area (Å²) in [6.07, 6.45) is 0.978. The number of nitrogens with one attached hydrogen (secondary N) is 2. The Hall–Kier alpha value is -1.13. The van der Waals surface area contributed by atoms with Gasteiger partial charge in [-0.15, -0.1) is 12.4 Å². The van der Waals surface area contributed by atoms with E-state index in [1.165, 1.54) is 6.07 Å². The van der Waals surface area contributed by atoms with E-state index in [-0.39, 0.29) is 24.1 Å². The Morgan fingerprint density at radius 2 is 2.00 bits per heavy atom. The molecule has 1 aromatic carbocycles. The summed E-state index contributed by atoms with van der Waals surface area (Å²) < 4.78 is 13.2. The Morgan fingerprint density at radius 1 is 1.29 bits per heavy atom. The fourth-order valence-corrected chi connectivity index (χ4v) is 1.36. The van der Waals surface area contributed by atoms with Gasteiger partial charge in [0, 0.05) is 19.5 Å². The Balaban J connectivity index is 0.00000256. The third-order valence-electron chi connectivity index (χ3n) is 2.28. The highest BCUT2D eigenvalue weighted by atomic mass is 35.5. The number of carbonyl (C=O) groups excluding carboxylic acids is 1. The number of hydrogen-bond donors (Lipinski definition) is 2. The molecule has 0 atom stereocenters. The summed E-state index contributed by atoms with van der Waals surface area (Å²) in [4.78, 5) is 11.2. The summed E-state index contributed by atoms with van der Waals surface area (Å²) >= 11 is 0. The molecule has 0 aliphatic heterocycles. The number of carbonyl (C=O) groups is 1. The standard InChI is InChI=1S/C12H17FN2O.ClH/c1-14-8-7-12(16)15-9-6-10-4-2-3-5-11(10)13;/h2-5,14H,6-9H2,1H3,(H,15,16);1H. The van der Waals surface area contributed by atoms with Crippen LogP contribution in [-0.4, -0.2) is 26.0 Å². The minimum absolute atomic E-state index is 0. The van der Waals surface area contributed by atoms with Crippen molar-refractivity contribution in [1.29, 1.82) is 0 Å². The van der Waals surface area contributed by atoms with Crippen LogP contribution in [0.5, 0.6) is 0 Å². The fraction of sp³-hybridized carbons (Fsp3) is 0.417. The van der Waals surface area contributed by atoms with Crippen molar-refractivity contribution in [3.05, 3.63) is 35.6 Å². The molecule has 96 valence electrons. The van der Waals surface area contributed by atoms with Gasteiger partial charge in [0.25, 0.3) is 0 Å². The summed E-state index contributed by atoms with van der Waals surface area (Å²) in [7, 11) is 1.80. The van der Waals surface area contributed by atoms with Gasteiger partial charge in [-0.05, 0) is 25.1 Å². The molecular formula is C12H18ClFN2O. The molecule has 0 unspecified atom stereocenters. The maximum absolute atomic E-state index is 13.2. The highest BCUT2D eigenvalue weighted by molar-refractivity contribution is 5.85. The van der Waals surface area contributed by atoms with Crippen LogP contribution >= 0.6 is 12.4 Å². The first-order valence-electron chi connectivity index (χ1n) is 5.38. The minimum Gasteiger partial charge on any atom is -0.356 e. The van der Waals surface area contributed by atoms with Crippen LogP contribution in [0.3, 0.4) is 0 Å². The highest BCUT2D eigenvalue weighted by Gasteiger charge is 2.02. The summed E-state index contributed by atoms with van der Waals surface area (Å²) in [5, 5.41) is 5.64. The zero-order chi connectivity index (χ0) is 11.8. The first-order chi connectivity index (χ1) is 7.74. The summed E-state index contributed by atoms with van der Waals surface area (Å²) in [5.41, 5.74) is 0.636. The van der Waals surface area contributed by atoms with E-state index in [2.05, 4.69) is 10.6 Å². The number of halogens is 2. The van der Waals surface area contributed by atoms with Crippen molar-refractivity contribution in [2.24, 2.45) is 0 Å². The maximum Gasteiger partial charge on any atom is 0.221 e. The van der Waals surface area contributed by atoms with E-state index in [9.17, 15) is 9.18 Å². The first-order valence-corrected chi connectivity index (χ1v) is 5.38. The number of amides is 1. The molecule has 0 saturated carbocycles. The Morgan fingerprint density at radius 3 is 2.65 bits per heavy atom. The molecule has 2 N–H and O–H groups in total. The largest absolute Gasteiger partial charge is 0.356 e. The molecule has 0 saturated heterocycles. The summed E-state index contributed by atoms with van der Waals surface area (Å²) in [5.74, 6) is -0.224. The van der Waals surface area contributed by atoms with Crippen LogP contribution < -0.4 is 10.6 Å². The normalized spacial score (nSPS) is 9.53. The molecule has 3 nitrogen and oxygen atoms in total.